The lowest BCUT2D eigenvalue weighted by Crippen LogP contribution is -2.49. The van der Waals surface area contributed by atoms with Crippen LogP contribution in [0.25, 0.3) is 0 Å². The van der Waals surface area contributed by atoms with Crippen molar-refractivity contribution in [2.75, 3.05) is 5.73 Å². The van der Waals surface area contributed by atoms with Crippen LogP contribution in [0.1, 0.15) is 28.2 Å². The molecule has 6 heteroatoms. The topological polar surface area (TPSA) is 104 Å². The highest BCUT2D eigenvalue weighted by Gasteiger charge is 2.28. The van der Waals surface area contributed by atoms with Crippen molar-refractivity contribution < 1.29 is 14.7 Å². The Morgan fingerprint density at radius 3 is 1.86 bits per heavy atom. The number of aromatic hydroxyl groups is 1. The molecule has 4 aromatic carbocycles. The monoisotopic (exact) mass is 479 g/mol. The van der Waals surface area contributed by atoms with Crippen molar-refractivity contribution in [3.8, 4) is 5.75 Å². The molecule has 5 N–H and O–H groups in total. The van der Waals surface area contributed by atoms with Crippen LogP contribution in [0, 0.1) is 0 Å². The average molecular weight is 480 g/mol. The highest BCUT2D eigenvalue weighted by molar-refractivity contribution is 5.92. The molecule has 0 aliphatic heterocycles. The number of benzene rings is 4. The Kier molecular flexibility index (Phi) is 7.98. The van der Waals surface area contributed by atoms with Crippen LogP contribution in [0.2, 0.25) is 0 Å². The van der Waals surface area contributed by atoms with Crippen molar-refractivity contribution in [1.29, 1.82) is 0 Å². The number of para-hydroxylation sites is 1. The van der Waals surface area contributed by atoms with Gasteiger partial charge in [-0.15, -0.1) is 0 Å². The first kappa shape index (κ1) is 24.5. The summed E-state index contributed by atoms with van der Waals surface area (Å²) in [5.41, 5.74) is 9.99. The minimum Gasteiger partial charge on any atom is -0.508 e. The largest absolute Gasteiger partial charge is 0.508 e. The Balaban J connectivity index is 1.58. The van der Waals surface area contributed by atoms with Crippen molar-refractivity contribution in [3.05, 3.63) is 131 Å². The van der Waals surface area contributed by atoms with E-state index in [1.54, 1.807) is 30.3 Å². The number of amides is 2. The summed E-state index contributed by atoms with van der Waals surface area (Å²) >= 11 is 0. The Bertz CT molecular complexity index is 1250. The SMILES string of the molecule is Nc1ccccc1CC(NC(=O)C(c1ccccc1)c1ccccc1)C(=O)NCc1ccc(O)cc1. The van der Waals surface area contributed by atoms with Crippen molar-refractivity contribution in [1.82, 2.24) is 10.6 Å². The van der Waals surface area contributed by atoms with E-state index in [-0.39, 0.29) is 30.5 Å². The first-order valence-corrected chi connectivity index (χ1v) is 11.8. The molecule has 0 aromatic heterocycles. The van der Waals surface area contributed by atoms with Gasteiger partial charge in [0.05, 0.1) is 5.92 Å². The summed E-state index contributed by atoms with van der Waals surface area (Å²) in [6.45, 7) is 0.260. The number of rotatable bonds is 9. The smallest absolute Gasteiger partial charge is 0.243 e. The Morgan fingerprint density at radius 1 is 0.722 bits per heavy atom. The summed E-state index contributed by atoms with van der Waals surface area (Å²) in [5.74, 6) is -1.01. The lowest BCUT2D eigenvalue weighted by molar-refractivity contribution is -0.129. The summed E-state index contributed by atoms with van der Waals surface area (Å²) in [7, 11) is 0. The fraction of sp³-hybridized carbons (Fsp3) is 0.133. The van der Waals surface area contributed by atoms with Crippen LogP contribution in [0.5, 0.6) is 5.75 Å². The molecule has 1 atom stereocenters. The number of anilines is 1. The van der Waals surface area contributed by atoms with Crippen LogP contribution in [-0.2, 0) is 22.6 Å². The number of carbonyl (C=O) groups excluding carboxylic acids is 2. The molecule has 4 aromatic rings. The molecule has 0 saturated carbocycles. The van der Waals surface area contributed by atoms with Gasteiger partial charge in [-0.1, -0.05) is 91.0 Å². The van der Waals surface area contributed by atoms with E-state index < -0.39 is 12.0 Å². The number of phenolic OH excluding ortho intramolecular Hbond substituents is 1. The molecular formula is C30H29N3O3. The van der Waals surface area contributed by atoms with Crippen LogP contribution in [0.4, 0.5) is 5.69 Å². The average Bonchev–Trinajstić information content (AvgIpc) is 2.90. The van der Waals surface area contributed by atoms with Crippen LogP contribution < -0.4 is 16.4 Å². The Morgan fingerprint density at radius 2 is 1.28 bits per heavy atom. The highest BCUT2D eigenvalue weighted by Crippen LogP contribution is 2.25. The van der Waals surface area contributed by atoms with E-state index in [0.29, 0.717) is 5.69 Å². The molecule has 0 heterocycles. The second-order valence-corrected chi connectivity index (χ2v) is 8.60. The lowest BCUT2D eigenvalue weighted by Gasteiger charge is -2.24. The summed E-state index contributed by atoms with van der Waals surface area (Å²) < 4.78 is 0. The zero-order valence-electron chi connectivity index (χ0n) is 19.8. The van der Waals surface area contributed by atoms with Gasteiger partial charge in [0, 0.05) is 18.7 Å². The van der Waals surface area contributed by atoms with Crippen LogP contribution in [-0.4, -0.2) is 23.0 Å². The molecule has 6 nitrogen and oxygen atoms in total. The molecule has 0 radical (unpaired) electrons. The standard InChI is InChI=1S/C30H29N3O3/c31-26-14-8-7-13-24(26)19-27(29(35)32-20-21-15-17-25(34)18-16-21)33-30(36)28(22-9-3-1-4-10-22)23-11-5-2-6-12-23/h1-18,27-28,34H,19-20,31H2,(H,32,35)(H,33,36). The molecule has 0 aliphatic rings. The van der Waals surface area contributed by atoms with E-state index in [1.165, 1.54) is 0 Å². The molecule has 0 saturated heterocycles. The molecule has 4 rings (SSSR count). The van der Waals surface area contributed by atoms with E-state index in [1.807, 2.05) is 78.9 Å². The fourth-order valence-corrected chi connectivity index (χ4v) is 4.12. The number of nitrogens with one attached hydrogen (secondary N) is 2. The van der Waals surface area contributed by atoms with Gasteiger partial charge in [-0.05, 0) is 40.5 Å². The lowest BCUT2D eigenvalue weighted by atomic mass is 9.90. The van der Waals surface area contributed by atoms with Crippen molar-refractivity contribution in [2.45, 2.75) is 24.9 Å². The minimum atomic E-state index is -0.839. The van der Waals surface area contributed by atoms with Crippen LogP contribution in [0.3, 0.4) is 0 Å². The Labute approximate surface area is 210 Å². The van der Waals surface area contributed by atoms with E-state index in [4.69, 9.17) is 5.73 Å². The molecule has 0 fully saturated rings. The van der Waals surface area contributed by atoms with Crippen LogP contribution in [0.15, 0.2) is 109 Å². The Hall–Kier alpha value is -4.58. The number of carbonyl (C=O) groups is 2. The number of hydrogen-bond acceptors (Lipinski definition) is 4. The van der Waals surface area contributed by atoms with Gasteiger partial charge in [0.25, 0.3) is 0 Å². The third-order valence-electron chi connectivity index (χ3n) is 6.04. The number of phenols is 1. The van der Waals surface area contributed by atoms with Gasteiger partial charge in [-0.25, -0.2) is 0 Å². The third kappa shape index (κ3) is 6.30. The summed E-state index contributed by atoms with van der Waals surface area (Å²) in [5, 5.41) is 15.4. The van der Waals surface area contributed by atoms with Gasteiger partial charge >= 0.3 is 0 Å². The third-order valence-corrected chi connectivity index (χ3v) is 6.04. The quantitative estimate of drug-likeness (QED) is 0.271. The molecule has 0 spiro atoms. The molecule has 1 unspecified atom stereocenters. The van der Waals surface area contributed by atoms with Crippen molar-refractivity contribution >= 4 is 17.5 Å². The number of nitrogens with two attached hydrogens (primary N) is 1. The first-order valence-electron chi connectivity index (χ1n) is 11.8. The first-order chi connectivity index (χ1) is 17.5. The van der Waals surface area contributed by atoms with Crippen LogP contribution >= 0.6 is 0 Å². The summed E-state index contributed by atoms with van der Waals surface area (Å²) in [4.78, 5) is 27.0. The van der Waals surface area contributed by atoms with Gasteiger partial charge in [-0.2, -0.15) is 0 Å². The fourth-order valence-electron chi connectivity index (χ4n) is 4.12. The molecule has 36 heavy (non-hydrogen) atoms. The predicted octanol–water partition coefficient (Wildman–Crippen LogP) is 4.15. The van der Waals surface area contributed by atoms with Crippen molar-refractivity contribution in [2.24, 2.45) is 0 Å². The van der Waals surface area contributed by atoms with E-state index >= 15 is 0 Å². The second-order valence-electron chi connectivity index (χ2n) is 8.60. The van der Waals surface area contributed by atoms with Gasteiger partial charge in [0.15, 0.2) is 0 Å². The maximum atomic E-state index is 13.7. The maximum absolute atomic E-state index is 13.7. The van der Waals surface area contributed by atoms with Crippen molar-refractivity contribution in [3.63, 3.8) is 0 Å². The predicted molar refractivity (Wildman–Crippen MR) is 141 cm³/mol. The van der Waals surface area contributed by atoms with E-state index in [0.717, 1.165) is 22.3 Å². The maximum Gasteiger partial charge on any atom is 0.243 e. The molecule has 0 bridgehead atoms. The van der Waals surface area contributed by atoms with Gasteiger partial charge in [0.1, 0.15) is 11.8 Å². The molecule has 2 amide bonds. The normalized spacial score (nSPS) is 11.6. The highest BCUT2D eigenvalue weighted by atomic mass is 16.3. The second kappa shape index (κ2) is 11.7. The zero-order valence-corrected chi connectivity index (χ0v) is 19.8. The molecular weight excluding hydrogens is 450 g/mol. The zero-order chi connectivity index (χ0) is 25.3. The number of nitrogen functional groups attached to an aromatic ring is 1. The van der Waals surface area contributed by atoms with E-state index in [2.05, 4.69) is 10.6 Å². The van der Waals surface area contributed by atoms with Gasteiger partial charge in [0.2, 0.25) is 11.8 Å². The minimum absolute atomic E-state index is 0.155. The van der Waals surface area contributed by atoms with Gasteiger partial charge in [-0.3, -0.25) is 9.59 Å². The molecule has 182 valence electrons. The summed E-state index contributed by atoms with van der Waals surface area (Å²) in [6.07, 6.45) is 0.246. The summed E-state index contributed by atoms with van der Waals surface area (Å²) in [6, 6.07) is 32.1. The molecule has 0 aliphatic carbocycles. The van der Waals surface area contributed by atoms with E-state index in [9.17, 15) is 14.7 Å². The van der Waals surface area contributed by atoms with Gasteiger partial charge < -0.3 is 21.5 Å². The number of hydrogen-bond donors (Lipinski definition) is 4.